The van der Waals surface area contributed by atoms with Gasteiger partial charge in [0.25, 0.3) is 0 Å². The fourth-order valence-electron chi connectivity index (χ4n) is 1.88. The summed E-state index contributed by atoms with van der Waals surface area (Å²) in [4.78, 5) is 23.1. The van der Waals surface area contributed by atoms with Crippen molar-refractivity contribution in [2.45, 2.75) is 34.1 Å². The molecule has 1 aromatic carbocycles. The van der Waals surface area contributed by atoms with Gasteiger partial charge < -0.3 is 5.11 Å². The SMILES string of the molecule is CCC(C(=O)O)C(=O)c1ccc(C)c(C)c1C. The van der Waals surface area contributed by atoms with Gasteiger partial charge in [-0.1, -0.05) is 19.1 Å². The van der Waals surface area contributed by atoms with Crippen LogP contribution < -0.4 is 0 Å². The van der Waals surface area contributed by atoms with Crippen molar-refractivity contribution >= 4 is 11.8 Å². The summed E-state index contributed by atoms with van der Waals surface area (Å²) in [7, 11) is 0. The minimum Gasteiger partial charge on any atom is -0.481 e. The van der Waals surface area contributed by atoms with Crippen LogP contribution in [0.4, 0.5) is 0 Å². The number of rotatable bonds is 4. The number of carbonyl (C=O) groups excluding carboxylic acids is 1. The van der Waals surface area contributed by atoms with E-state index in [1.54, 1.807) is 13.0 Å². The molecule has 1 aromatic rings. The van der Waals surface area contributed by atoms with Crippen molar-refractivity contribution < 1.29 is 14.7 Å². The van der Waals surface area contributed by atoms with Crippen molar-refractivity contribution in [1.82, 2.24) is 0 Å². The maximum absolute atomic E-state index is 12.1. The number of aryl methyl sites for hydroxylation is 1. The third-order valence-corrected chi connectivity index (χ3v) is 3.35. The molecule has 3 nitrogen and oxygen atoms in total. The number of aliphatic carboxylic acids is 1. The Balaban J connectivity index is 3.21. The summed E-state index contributed by atoms with van der Waals surface area (Å²) in [6, 6.07) is 3.59. The monoisotopic (exact) mass is 234 g/mol. The van der Waals surface area contributed by atoms with Gasteiger partial charge in [0, 0.05) is 5.56 Å². The first kappa shape index (κ1) is 13.4. The molecule has 0 aliphatic heterocycles. The molecule has 0 amide bonds. The highest BCUT2D eigenvalue weighted by atomic mass is 16.4. The molecule has 0 bridgehead atoms. The van der Waals surface area contributed by atoms with Crippen LogP contribution in [0.1, 0.15) is 40.4 Å². The van der Waals surface area contributed by atoms with Crippen LogP contribution >= 0.6 is 0 Å². The molecule has 0 heterocycles. The summed E-state index contributed by atoms with van der Waals surface area (Å²) in [6.07, 6.45) is 0.320. The van der Waals surface area contributed by atoms with Crippen molar-refractivity contribution in [3.05, 3.63) is 34.4 Å². The number of Topliss-reactive ketones (excluding diaryl/α,β-unsaturated/α-hetero) is 1. The second kappa shape index (κ2) is 5.13. The average Bonchev–Trinajstić information content (AvgIpc) is 2.26. The van der Waals surface area contributed by atoms with Crippen LogP contribution in [-0.2, 0) is 4.79 Å². The van der Waals surface area contributed by atoms with Crippen molar-refractivity contribution in [3.8, 4) is 0 Å². The van der Waals surface area contributed by atoms with E-state index >= 15 is 0 Å². The van der Waals surface area contributed by atoms with E-state index < -0.39 is 11.9 Å². The van der Waals surface area contributed by atoms with Gasteiger partial charge >= 0.3 is 5.97 Å². The summed E-state index contributed by atoms with van der Waals surface area (Å²) >= 11 is 0. The first-order valence-electron chi connectivity index (χ1n) is 5.74. The van der Waals surface area contributed by atoms with Crippen molar-refractivity contribution in [1.29, 1.82) is 0 Å². The third-order valence-electron chi connectivity index (χ3n) is 3.35. The zero-order valence-corrected chi connectivity index (χ0v) is 10.7. The van der Waals surface area contributed by atoms with E-state index in [0.717, 1.165) is 16.7 Å². The number of benzene rings is 1. The molecule has 17 heavy (non-hydrogen) atoms. The number of carboxylic acids is 1. The van der Waals surface area contributed by atoms with Gasteiger partial charge in [-0.05, 0) is 43.9 Å². The predicted octanol–water partition coefficient (Wildman–Crippen LogP) is 2.91. The Hall–Kier alpha value is -1.64. The van der Waals surface area contributed by atoms with Gasteiger partial charge in [-0.3, -0.25) is 9.59 Å². The molecular formula is C14H18O3. The van der Waals surface area contributed by atoms with Gasteiger partial charge in [0.1, 0.15) is 5.92 Å². The Bertz CT molecular complexity index is 461. The highest BCUT2D eigenvalue weighted by Gasteiger charge is 2.26. The molecule has 3 heteroatoms. The van der Waals surface area contributed by atoms with Crippen molar-refractivity contribution in [3.63, 3.8) is 0 Å². The number of carbonyl (C=O) groups is 2. The van der Waals surface area contributed by atoms with Gasteiger partial charge in [0.05, 0.1) is 0 Å². The van der Waals surface area contributed by atoms with Crippen LogP contribution in [0.3, 0.4) is 0 Å². The second-order valence-electron chi connectivity index (χ2n) is 4.34. The molecule has 0 spiro atoms. The van der Waals surface area contributed by atoms with E-state index in [1.807, 2.05) is 26.8 Å². The molecule has 1 N–H and O–H groups in total. The van der Waals surface area contributed by atoms with Crippen LogP contribution in [0, 0.1) is 26.7 Å². The smallest absolute Gasteiger partial charge is 0.314 e. The minimum absolute atomic E-state index is 0.291. The lowest BCUT2D eigenvalue weighted by atomic mass is 9.89. The average molecular weight is 234 g/mol. The van der Waals surface area contributed by atoms with Gasteiger partial charge in [-0.2, -0.15) is 0 Å². The van der Waals surface area contributed by atoms with Gasteiger partial charge in [-0.15, -0.1) is 0 Å². The summed E-state index contributed by atoms with van der Waals surface area (Å²) in [5.41, 5.74) is 3.58. The second-order valence-corrected chi connectivity index (χ2v) is 4.34. The quantitative estimate of drug-likeness (QED) is 0.643. The lowest BCUT2D eigenvalue weighted by molar-refractivity contribution is -0.140. The van der Waals surface area contributed by atoms with Crippen molar-refractivity contribution in [2.24, 2.45) is 5.92 Å². The van der Waals surface area contributed by atoms with E-state index in [1.165, 1.54) is 0 Å². The Morgan fingerprint density at radius 3 is 2.24 bits per heavy atom. The molecule has 1 atom stereocenters. The lowest BCUT2D eigenvalue weighted by Gasteiger charge is -2.13. The summed E-state index contributed by atoms with van der Waals surface area (Å²) in [6.45, 7) is 7.51. The maximum Gasteiger partial charge on any atom is 0.314 e. The predicted molar refractivity (Wildman–Crippen MR) is 66.4 cm³/mol. The lowest BCUT2D eigenvalue weighted by Crippen LogP contribution is -2.24. The molecule has 0 saturated heterocycles. The van der Waals surface area contributed by atoms with E-state index in [2.05, 4.69) is 0 Å². The fourth-order valence-corrected chi connectivity index (χ4v) is 1.88. The molecule has 0 saturated carbocycles. The fraction of sp³-hybridized carbons (Fsp3) is 0.429. The van der Waals surface area contributed by atoms with Crippen LogP contribution in [0.25, 0.3) is 0 Å². The molecule has 1 rings (SSSR count). The van der Waals surface area contributed by atoms with Gasteiger partial charge in [-0.25, -0.2) is 0 Å². The van der Waals surface area contributed by atoms with E-state index in [0.29, 0.717) is 12.0 Å². The molecule has 0 aliphatic rings. The first-order valence-corrected chi connectivity index (χ1v) is 5.74. The molecular weight excluding hydrogens is 216 g/mol. The van der Waals surface area contributed by atoms with Crippen LogP contribution in [0.15, 0.2) is 12.1 Å². The van der Waals surface area contributed by atoms with E-state index in [-0.39, 0.29) is 5.78 Å². The number of ketones is 1. The number of carboxylic acid groups (broad SMARTS) is 1. The number of hydrogen-bond donors (Lipinski definition) is 1. The zero-order valence-electron chi connectivity index (χ0n) is 10.7. The Kier molecular flexibility index (Phi) is 4.05. The standard InChI is InChI=1S/C14H18O3/c1-5-11(14(16)17)13(15)12-7-6-8(2)9(3)10(12)4/h6-7,11H,5H2,1-4H3,(H,16,17). The van der Waals surface area contributed by atoms with Crippen LogP contribution in [0.2, 0.25) is 0 Å². The van der Waals surface area contributed by atoms with Gasteiger partial charge in [0.15, 0.2) is 5.78 Å². The van der Waals surface area contributed by atoms with Crippen LogP contribution in [0.5, 0.6) is 0 Å². The Morgan fingerprint density at radius 2 is 1.76 bits per heavy atom. The Morgan fingerprint density at radius 1 is 1.18 bits per heavy atom. The zero-order chi connectivity index (χ0) is 13.2. The van der Waals surface area contributed by atoms with Gasteiger partial charge in [0.2, 0.25) is 0 Å². The summed E-state index contributed by atoms with van der Waals surface area (Å²) in [5, 5.41) is 9.00. The van der Waals surface area contributed by atoms with E-state index in [4.69, 9.17) is 5.11 Å². The summed E-state index contributed by atoms with van der Waals surface area (Å²) < 4.78 is 0. The first-order chi connectivity index (χ1) is 7.90. The Labute approximate surface area is 101 Å². The molecule has 0 aliphatic carbocycles. The third kappa shape index (κ3) is 2.54. The highest BCUT2D eigenvalue weighted by Crippen LogP contribution is 2.21. The van der Waals surface area contributed by atoms with E-state index in [9.17, 15) is 9.59 Å². The highest BCUT2D eigenvalue weighted by molar-refractivity contribution is 6.09. The largest absolute Gasteiger partial charge is 0.481 e. The number of hydrogen-bond acceptors (Lipinski definition) is 2. The summed E-state index contributed by atoms with van der Waals surface area (Å²) in [5.74, 6) is -2.27. The minimum atomic E-state index is -1.05. The molecule has 0 fully saturated rings. The van der Waals surface area contributed by atoms with Crippen molar-refractivity contribution in [2.75, 3.05) is 0 Å². The molecule has 0 aromatic heterocycles. The maximum atomic E-state index is 12.1. The molecule has 1 unspecified atom stereocenters. The molecule has 92 valence electrons. The normalized spacial score (nSPS) is 12.2. The topological polar surface area (TPSA) is 54.4 Å². The molecule has 0 radical (unpaired) electrons. The van der Waals surface area contributed by atoms with Crippen LogP contribution in [-0.4, -0.2) is 16.9 Å².